The first-order valence-corrected chi connectivity index (χ1v) is 9.38. The predicted octanol–water partition coefficient (Wildman–Crippen LogP) is 3.45. The van der Waals surface area contributed by atoms with Crippen molar-refractivity contribution in [2.24, 2.45) is 0 Å². The van der Waals surface area contributed by atoms with Gasteiger partial charge in [0.1, 0.15) is 0 Å². The van der Waals surface area contributed by atoms with Crippen LogP contribution in [0.15, 0.2) is 41.1 Å². The van der Waals surface area contributed by atoms with Crippen LogP contribution in [0.25, 0.3) is 0 Å². The molecular weight excluding hydrogens is 320 g/mol. The molecule has 124 valence electrons. The topological polar surface area (TPSA) is 49.4 Å². The number of carbonyl (C=O) groups is 2. The Balaban J connectivity index is 1.44. The van der Waals surface area contributed by atoms with E-state index in [1.54, 1.807) is 11.3 Å². The summed E-state index contributed by atoms with van der Waals surface area (Å²) in [5.74, 6) is 0.103. The average molecular weight is 340 g/mol. The second-order valence-electron chi connectivity index (χ2n) is 6.62. The van der Waals surface area contributed by atoms with Crippen LogP contribution >= 0.6 is 11.3 Å². The van der Waals surface area contributed by atoms with Crippen molar-refractivity contribution in [1.82, 2.24) is 10.2 Å². The molecule has 1 N–H and O–H groups in total. The van der Waals surface area contributed by atoms with Crippen LogP contribution in [0.4, 0.5) is 0 Å². The third-order valence-corrected chi connectivity index (χ3v) is 5.18. The molecule has 4 nitrogen and oxygen atoms in total. The molecule has 1 aromatic carbocycles. The average Bonchev–Trinajstić information content (AvgIpc) is 3.53. The minimum absolute atomic E-state index is 0.00236. The monoisotopic (exact) mass is 340 g/mol. The van der Waals surface area contributed by atoms with Gasteiger partial charge in [-0.3, -0.25) is 9.59 Å². The van der Waals surface area contributed by atoms with Crippen molar-refractivity contribution >= 4 is 23.2 Å². The number of thiophene rings is 1. The highest BCUT2D eigenvalue weighted by Gasteiger charge is 2.33. The molecule has 5 heteroatoms. The lowest BCUT2D eigenvalue weighted by Gasteiger charge is -2.22. The van der Waals surface area contributed by atoms with Gasteiger partial charge in [0.15, 0.2) is 0 Å². The van der Waals surface area contributed by atoms with E-state index in [4.69, 9.17) is 0 Å². The van der Waals surface area contributed by atoms with Crippen molar-refractivity contribution in [3.8, 4) is 0 Å². The summed E-state index contributed by atoms with van der Waals surface area (Å²) >= 11 is 1.55. The largest absolute Gasteiger partial charge is 0.349 e. The molecule has 2 aliphatic carbocycles. The molecule has 2 aliphatic rings. The predicted molar refractivity (Wildman–Crippen MR) is 94.1 cm³/mol. The van der Waals surface area contributed by atoms with Gasteiger partial charge in [-0.25, -0.2) is 0 Å². The molecule has 0 unspecified atom stereocenters. The zero-order chi connectivity index (χ0) is 16.5. The molecule has 0 radical (unpaired) electrons. The van der Waals surface area contributed by atoms with Gasteiger partial charge >= 0.3 is 0 Å². The number of carbonyl (C=O) groups excluding carboxylic acids is 2. The molecule has 1 aromatic heterocycles. The molecule has 2 aromatic rings. The lowest BCUT2D eigenvalue weighted by Crippen LogP contribution is -2.32. The highest BCUT2D eigenvalue weighted by Crippen LogP contribution is 2.30. The fourth-order valence-electron chi connectivity index (χ4n) is 2.76. The molecule has 2 amide bonds. The van der Waals surface area contributed by atoms with E-state index in [2.05, 4.69) is 5.32 Å². The summed E-state index contributed by atoms with van der Waals surface area (Å²) in [5, 5.41) is 6.83. The van der Waals surface area contributed by atoms with Crippen molar-refractivity contribution in [3.63, 3.8) is 0 Å². The maximum absolute atomic E-state index is 12.7. The van der Waals surface area contributed by atoms with Crippen molar-refractivity contribution in [3.05, 3.63) is 57.8 Å². The lowest BCUT2D eigenvalue weighted by atomic mass is 10.1. The van der Waals surface area contributed by atoms with E-state index in [9.17, 15) is 9.59 Å². The molecule has 2 saturated carbocycles. The minimum Gasteiger partial charge on any atom is -0.349 e. The standard InChI is InChI=1S/C19H20N2O2S/c22-18(20-16-5-6-16)14-3-1-13(2-4-14)11-21(17-7-8-17)19(23)15-9-10-24-12-15/h1-4,9-10,12,16-17H,5-8,11H2,(H,20,22). The van der Waals surface area contributed by atoms with Crippen LogP contribution in [0.1, 0.15) is 52.0 Å². The van der Waals surface area contributed by atoms with Crippen molar-refractivity contribution in [2.45, 2.75) is 44.3 Å². The Hall–Kier alpha value is -2.14. The molecule has 0 atom stereocenters. The van der Waals surface area contributed by atoms with E-state index in [-0.39, 0.29) is 11.8 Å². The van der Waals surface area contributed by atoms with Gasteiger partial charge in [0, 0.05) is 29.6 Å². The first kappa shape index (κ1) is 15.4. The molecule has 0 spiro atoms. The number of nitrogens with one attached hydrogen (secondary N) is 1. The van der Waals surface area contributed by atoms with Crippen LogP contribution in [0.3, 0.4) is 0 Å². The number of hydrogen-bond donors (Lipinski definition) is 1. The van der Waals surface area contributed by atoms with E-state index < -0.39 is 0 Å². The molecule has 0 aliphatic heterocycles. The molecule has 0 saturated heterocycles. The maximum atomic E-state index is 12.7. The zero-order valence-electron chi connectivity index (χ0n) is 13.4. The summed E-state index contributed by atoms with van der Waals surface area (Å²) in [4.78, 5) is 26.7. The Morgan fingerprint density at radius 2 is 1.79 bits per heavy atom. The normalized spacial score (nSPS) is 16.7. The number of benzene rings is 1. The molecule has 1 heterocycles. The smallest absolute Gasteiger partial charge is 0.255 e. The second-order valence-corrected chi connectivity index (χ2v) is 7.40. The van der Waals surface area contributed by atoms with Gasteiger partial charge in [0.2, 0.25) is 0 Å². The van der Waals surface area contributed by atoms with Gasteiger partial charge in [-0.2, -0.15) is 11.3 Å². The molecular formula is C19H20N2O2S. The summed E-state index contributed by atoms with van der Waals surface area (Å²) in [5.41, 5.74) is 2.52. The van der Waals surface area contributed by atoms with Gasteiger partial charge in [-0.15, -0.1) is 0 Å². The van der Waals surface area contributed by atoms with E-state index in [1.165, 1.54) is 0 Å². The molecule has 4 rings (SSSR count). The van der Waals surface area contributed by atoms with Crippen molar-refractivity contribution in [1.29, 1.82) is 0 Å². The van der Waals surface area contributed by atoms with E-state index in [0.29, 0.717) is 24.2 Å². The van der Waals surface area contributed by atoms with Crippen molar-refractivity contribution < 1.29 is 9.59 Å². The van der Waals surface area contributed by atoms with Crippen LogP contribution in [0.2, 0.25) is 0 Å². The van der Waals surface area contributed by atoms with Crippen molar-refractivity contribution in [2.75, 3.05) is 0 Å². The SMILES string of the molecule is O=C(NC1CC1)c1ccc(CN(C(=O)c2ccsc2)C2CC2)cc1. The van der Waals surface area contributed by atoms with Crippen LogP contribution < -0.4 is 5.32 Å². The highest BCUT2D eigenvalue weighted by atomic mass is 32.1. The summed E-state index contributed by atoms with van der Waals surface area (Å²) in [6.07, 6.45) is 4.34. The lowest BCUT2D eigenvalue weighted by molar-refractivity contribution is 0.0730. The highest BCUT2D eigenvalue weighted by molar-refractivity contribution is 7.08. The first-order valence-electron chi connectivity index (χ1n) is 8.43. The number of amides is 2. The summed E-state index contributed by atoms with van der Waals surface area (Å²) in [6, 6.07) is 10.2. The third-order valence-electron chi connectivity index (χ3n) is 4.50. The Bertz CT molecular complexity index is 731. The summed E-state index contributed by atoms with van der Waals surface area (Å²) < 4.78 is 0. The molecule has 24 heavy (non-hydrogen) atoms. The van der Waals surface area contributed by atoms with Gasteiger partial charge < -0.3 is 10.2 Å². The van der Waals surface area contributed by atoms with E-state index in [0.717, 1.165) is 36.8 Å². The second kappa shape index (κ2) is 6.40. The van der Waals surface area contributed by atoms with E-state index >= 15 is 0 Å². The Labute approximate surface area is 145 Å². The third kappa shape index (κ3) is 3.51. The Kier molecular flexibility index (Phi) is 4.10. The van der Waals surface area contributed by atoms with E-state index in [1.807, 2.05) is 46.0 Å². The maximum Gasteiger partial charge on any atom is 0.255 e. The molecule has 2 fully saturated rings. The van der Waals surface area contributed by atoms with Gasteiger partial charge in [0.05, 0.1) is 5.56 Å². The first-order chi connectivity index (χ1) is 11.7. The number of nitrogens with zero attached hydrogens (tertiary/aromatic N) is 1. The quantitative estimate of drug-likeness (QED) is 0.876. The fourth-order valence-corrected chi connectivity index (χ4v) is 3.39. The van der Waals surface area contributed by atoms with Crippen LogP contribution in [0, 0.1) is 0 Å². The minimum atomic E-state index is -0.00236. The number of rotatable bonds is 6. The van der Waals surface area contributed by atoms with Gasteiger partial charge in [0.25, 0.3) is 11.8 Å². The summed E-state index contributed by atoms with van der Waals surface area (Å²) in [7, 11) is 0. The van der Waals surface area contributed by atoms with Crippen LogP contribution in [0.5, 0.6) is 0 Å². The van der Waals surface area contributed by atoms with Gasteiger partial charge in [-0.05, 0) is 54.8 Å². The molecule has 0 bridgehead atoms. The zero-order valence-corrected chi connectivity index (χ0v) is 14.2. The Morgan fingerprint density at radius 1 is 1.04 bits per heavy atom. The van der Waals surface area contributed by atoms with Gasteiger partial charge in [-0.1, -0.05) is 12.1 Å². The van der Waals surface area contributed by atoms with Crippen LogP contribution in [-0.4, -0.2) is 28.8 Å². The Morgan fingerprint density at radius 3 is 2.38 bits per heavy atom. The number of hydrogen-bond acceptors (Lipinski definition) is 3. The van der Waals surface area contributed by atoms with Crippen LogP contribution in [-0.2, 0) is 6.54 Å². The fraction of sp³-hybridized carbons (Fsp3) is 0.368. The summed E-state index contributed by atoms with van der Waals surface area (Å²) in [6.45, 7) is 0.601.